The molecule has 0 saturated carbocycles. The molecule has 0 spiro atoms. The zero-order chi connectivity index (χ0) is 18.5. The van der Waals surface area contributed by atoms with Gasteiger partial charge in [-0.3, -0.25) is 4.79 Å². The smallest absolute Gasteiger partial charge is 0.407 e. The molecule has 0 aliphatic carbocycles. The molecule has 132 valence electrons. The third kappa shape index (κ3) is 6.24. The highest BCUT2D eigenvalue weighted by molar-refractivity contribution is 7.16. The summed E-state index contributed by atoms with van der Waals surface area (Å²) in [5, 5.41) is 22.0. The first-order valence-electron chi connectivity index (χ1n) is 6.80. The van der Waals surface area contributed by atoms with Crippen LogP contribution in [0.1, 0.15) is 36.0 Å². The topological polar surface area (TPSA) is 142 Å². The quantitative estimate of drug-likeness (QED) is 0.587. The molecule has 1 aromatic rings. The summed E-state index contributed by atoms with van der Waals surface area (Å²) < 4.78 is 5.00. The van der Waals surface area contributed by atoms with E-state index >= 15 is 0 Å². The van der Waals surface area contributed by atoms with Gasteiger partial charge in [0.1, 0.15) is 5.00 Å². The number of amides is 2. The van der Waals surface area contributed by atoms with Crippen LogP contribution in [0.15, 0.2) is 6.07 Å². The number of thiophene rings is 1. The zero-order valence-corrected chi connectivity index (χ0v) is 14.2. The summed E-state index contributed by atoms with van der Waals surface area (Å²) in [5.41, 5.74) is -0.445. The van der Waals surface area contributed by atoms with Crippen LogP contribution in [0.3, 0.4) is 0 Å². The van der Waals surface area contributed by atoms with E-state index in [1.807, 2.05) is 26.1 Å². The van der Waals surface area contributed by atoms with E-state index in [4.69, 9.17) is 14.9 Å². The maximum absolute atomic E-state index is 11.6. The lowest BCUT2D eigenvalue weighted by molar-refractivity contribution is -0.147. The largest absolute Gasteiger partial charge is 0.478 e. The number of hydrogen-bond donors (Lipinski definition) is 4. The summed E-state index contributed by atoms with van der Waals surface area (Å²) in [5.74, 6) is -4.40. The molecule has 1 aromatic heterocycles. The highest BCUT2D eigenvalue weighted by Crippen LogP contribution is 2.28. The van der Waals surface area contributed by atoms with Gasteiger partial charge in [-0.1, -0.05) is 20.8 Å². The van der Waals surface area contributed by atoms with Crippen LogP contribution >= 0.6 is 11.3 Å². The fourth-order valence-corrected chi connectivity index (χ4v) is 2.41. The molecule has 10 heteroatoms. The lowest BCUT2D eigenvalue weighted by atomic mass is 9.99. The van der Waals surface area contributed by atoms with Crippen LogP contribution in [0.2, 0.25) is 0 Å². The first-order chi connectivity index (χ1) is 11.0. The van der Waals surface area contributed by atoms with Gasteiger partial charge < -0.3 is 25.6 Å². The molecule has 0 aliphatic heterocycles. The molecule has 0 aliphatic rings. The third-order valence-corrected chi connectivity index (χ3v) is 3.53. The summed E-state index contributed by atoms with van der Waals surface area (Å²) in [7, 11) is 0. The average Bonchev–Trinajstić information content (AvgIpc) is 2.85. The summed E-state index contributed by atoms with van der Waals surface area (Å²) in [6.07, 6.45) is -0.661. The van der Waals surface area contributed by atoms with E-state index in [1.165, 1.54) is 6.07 Å². The lowest BCUT2D eigenvalue weighted by Crippen LogP contribution is -2.27. The predicted molar refractivity (Wildman–Crippen MR) is 85.2 cm³/mol. The lowest BCUT2D eigenvalue weighted by Gasteiger charge is -2.17. The number of rotatable bonds is 5. The van der Waals surface area contributed by atoms with Crippen molar-refractivity contribution in [2.75, 3.05) is 11.9 Å². The van der Waals surface area contributed by atoms with Gasteiger partial charge in [0.05, 0.1) is 18.7 Å². The Hall–Kier alpha value is -2.62. The van der Waals surface area contributed by atoms with Gasteiger partial charge >= 0.3 is 23.9 Å². The van der Waals surface area contributed by atoms with Crippen molar-refractivity contribution in [1.82, 2.24) is 5.32 Å². The molecule has 9 nitrogen and oxygen atoms in total. The summed E-state index contributed by atoms with van der Waals surface area (Å²) in [6.45, 7) is 5.89. The van der Waals surface area contributed by atoms with E-state index in [-0.39, 0.29) is 29.1 Å². The Kier molecular flexibility index (Phi) is 6.29. The van der Waals surface area contributed by atoms with E-state index < -0.39 is 23.9 Å². The van der Waals surface area contributed by atoms with Gasteiger partial charge in [0, 0.05) is 4.88 Å². The number of ether oxygens (including phenoxy) is 1. The second-order valence-corrected chi connectivity index (χ2v) is 7.15. The molecule has 0 aromatic carbocycles. The van der Waals surface area contributed by atoms with E-state index in [9.17, 15) is 19.2 Å². The standard InChI is InChI=1S/C14H18N2O7S/c1-14(2,3)6-23-13(22)15-5-7-4-8(11(18)19)10(24-7)16-9(17)12(20)21/h4H,5-6H2,1-3H3,(H,15,22)(H,16,17)(H,18,19)(H,20,21). The highest BCUT2D eigenvalue weighted by Gasteiger charge is 2.20. The van der Waals surface area contributed by atoms with E-state index in [0.717, 1.165) is 11.3 Å². The van der Waals surface area contributed by atoms with Gasteiger partial charge in [-0.15, -0.1) is 11.3 Å². The Morgan fingerprint density at radius 3 is 2.33 bits per heavy atom. The average molecular weight is 358 g/mol. The molecule has 0 saturated heterocycles. The maximum Gasteiger partial charge on any atom is 0.407 e. The van der Waals surface area contributed by atoms with Crippen LogP contribution in [0.25, 0.3) is 0 Å². The summed E-state index contributed by atoms with van der Waals surface area (Å²) in [4.78, 5) is 44.8. The molecule has 24 heavy (non-hydrogen) atoms. The van der Waals surface area contributed by atoms with Crippen molar-refractivity contribution in [3.8, 4) is 0 Å². The molecule has 2 amide bonds. The van der Waals surface area contributed by atoms with Crippen molar-refractivity contribution in [3.05, 3.63) is 16.5 Å². The minimum absolute atomic E-state index is 0.0170. The normalized spacial score (nSPS) is 10.8. The Balaban J connectivity index is 2.72. The Morgan fingerprint density at radius 1 is 1.21 bits per heavy atom. The van der Waals surface area contributed by atoms with Gasteiger partial charge in [-0.05, 0) is 11.5 Å². The second-order valence-electron chi connectivity index (χ2n) is 6.01. The van der Waals surface area contributed by atoms with Crippen LogP contribution < -0.4 is 10.6 Å². The van der Waals surface area contributed by atoms with Crippen molar-refractivity contribution < 1.29 is 34.1 Å². The summed E-state index contributed by atoms with van der Waals surface area (Å²) in [6, 6.07) is 1.24. The van der Waals surface area contributed by atoms with Gasteiger partial charge in [-0.25, -0.2) is 14.4 Å². The molecular weight excluding hydrogens is 340 g/mol. The van der Waals surface area contributed by atoms with Gasteiger partial charge in [-0.2, -0.15) is 0 Å². The van der Waals surface area contributed by atoms with Crippen LogP contribution in [0.4, 0.5) is 9.80 Å². The second kappa shape index (κ2) is 7.77. The van der Waals surface area contributed by atoms with Crippen LogP contribution in [-0.4, -0.2) is 40.8 Å². The minimum Gasteiger partial charge on any atom is -0.478 e. The molecule has 1 heterocycles. The molecule has 0 bridgehead atoms. The first-order valence-corrected chi connectivity index (χ1v) is 7.62. The number of nitrogens with one attached hydrogen (secondary N) is 2. The number of aromatic carboxylic acids is 1. The Morgan fingerprint density at radius 2 is 1.83 bits per heavy atom. The van der Waals surface area contributed by atoms with Crippen molar-refractivity contribution >= 4 is 40.3 Å². The number of anilines is 1. The summed E-state index contributed by atoms with van der Waals surface area (Å²) >= 11 is 0.853. The molecule has 0 radical (unpaired) electrons. The monoisotopic (exact) mass is 358 g/mol. The Labute approximate surface area is 141 Å². The van der Waals surface area contributed by atoms with E-state index in [0.29, 0.717) is 4.88 Å². The van der Waals surface area contributed by atoms with Gasteiger partial charge in [0.15, 0.2) is 0 Å². The van der Waals surface area contributed by atoms with Crippen molar-refractivity contribution in [1.29, 1.82) is 0 Å². The number of carboxylic acids is 2. The number of alkyl carbamates (subject to hydrolysis) is 1. The van der Waals surface area contributed by atoms with Crippen molar-refractivity contribution in [2.24, 2.45) is 5.41 Å². The number of carbonyl (C=O) groups is 4. The third-order valence-electron chi connectivity index (χ3n) is 2.48. The van der Waals surface area contributed by atoms with Gasteiger partial charge in [0.2, 0.25) is 0 Å². The minimum atomic E-state index is -1.73. The van der Waals surface area contributed by atoms with E-state index in [2.05, 4.69) is 5.32 Å². The molecule has 0 fully saturated rings. The molecule has 0 unspecified atom stereocenters. The zero-order valence-electron chi connectivity index (χ0n) is 13.3. The predicted octanol–water partition coefficient (Wildman–Crippen LogP) is 1.74. The van der Waals surface area contributed by atoms with Gasteiger partial charge in [0.25, 0.3) is 0 Å². The van der Waals surface area contributed by atoms with Crippen molar-refractivity contribution in [3.63, 3.8) is 0 Å². The fourth-order valence-electron chi connectivity index (χ4n) is 1.43. The number of aliphatic carboxylic acids is 1. The fraction of sp³-hybridized carbons (Fsp3) is 0.429. The first kappa shape index (κ1) is 19.4. The van der Waals surface area contributed by atoms with Crippen LogP contribution in [0.5, 0.6) is 0 Å². The molecule has 1 rings (SSSR count). The number of hydrogen-bond acceptors (Lipinski definition) is 6. The molecular formula is C14H18N2O7S. The molecule has 0 atom stereocenters. The van der Waals surface area contributed by atoms with Crippen molar-refractivity contribution in [2.45, 2.75) is 27.3 Å². The Bertz CT molecular complexity index is 661. The van der Waals surface area contributed by atoms with Crippen LogP contribution in [-0.2, 0) is 20.9 Å². The number of carbonyl (C=O) groups excluding carboxylic acids is 2. The SMILES string of the molecule is CC(C)(C)COC(=O)NCc1cc(C(=O)O)c(NC(=O)C(=O)O)s1. The van der Waals surface area contributed by atoms with Crippen LogP contribution in [0, 0.1) is 5.41 Å². The molecule has 4 N–H and O–H groups in total. The van der Waals surface area contributed by atoms with E-state index in [1.54, 1.807) is 0 Å². The maximum atomic E-state index is 11.6. The highest BCUT2D eigenvalue weighted by atomic mass is 32.1. The number of carboxylic acid groups (broad SMARTS) is 2.